The summed E-state index contributed by atoms with van der Waals surface area (Å²) in [5.41, 5.74) is 14.9. The van der Waals surface area contributed by atoms with E-state index in [9.17, 15) is 0 Å². The predicted octanol–water partition coefficient (Wildman–Crippen LogP) is 15.1. The molecule has 280 valence electrons. The number of allylic oxidation sites excluding steroid dienone is 5. The molecule has 59 heavy (non-hydrogen) atoms. The summed E-state index contributed by atoms with van der Waals surface area (Å²) in [4.78, 5) is 2.35. The maximum absolute atomic E-state index is 6.60. The molecule has 0 fully saturated rings. The van der Waals surface area contributed by atoms with Crippen molar-refractivity contribution in [3.05, 3.63) is 236 Å². The number of hydrogen-bond donors (Lipinski definition) is 0. The number of ether oxygens (including phenoxy) is 1. The minimum absolute atomic E-state index is 0.184. The van der Waals surface area contributed by atoms with Crippen LogP contribution in [0.4, 0.5) is 17.1 Å². The molecule has 9 aromatic rings. The largest absolute Gasteiger partial charge is 0.457 e. The highest BCUT2D eigenvalue weighted by Gasteiger charge is 2.24. The number of para-hydroxylation sites is 3. The average Bonchev–Trinajstić information content (AvgIpc) is 3.63. The highest BCUT2D eigenvalue weighted by molar-refractivity contribution is 6.10. The minimum Gasteiger partial charge on any atom is -0.457 e. The number of hydrogen-bond acceptors (Lipinski definition) is 2. The first kappa shape index (κ1) is 34.6. The van der Waals surface area contributed by atoms with E-state index in [-0.39, 0.29) is 5.92 Å². The van der Waals surface area contributed by atoms with E-state index in [1.165, 1.54) is 49.6 Å². The van der Waals surface area contributed by atoms with Crippen LogP contribution in [0.25, 0.3) is 60.9 Å². The summed E-state index contributed by atoms with van der Waals surface area (Å²) in [6.45, 7) is 0. The van der Waals surface area contributed by atoms with Crippen LogP contribution in [0.15, 0.2) is 230 Å². The molecule has 2 heterocycles. The smallest absolute Gasteiger partial charge is 0.139 e. The molecular formula is C56H40N2O. The molecule has 1 aromatic heterocycles. The van der Waals surface area contributed by atoms with E-state index in [0.717, 1.165) is 51.8 Å². The monoisotopic (exact) mass is 756 g/mol. The van der Waals surface area contributed by atoms with Gasteiger partial charge in [0.1, 0.15) is 11.5 Å². The third kappa shape index (κ3) is 6.34. The molecule has 8 aromatic carbocycles. The van der Waals surface area contributed by atoms with Crippen molar-refractivity contribution in [2.45, 2.75) is 12.3 Å². The molecule has 0 spiro atoms. The van der Waals surface area contributed by atoms with Gasteiger partial charge in [0.25, 0.3) is 0 Å². The average molecular weight is 757 g/mol. The van der Waals surface area contributed by atoms with Crippen molar-refractivity contribution in [2.24, 2.45) is 0 Å². The lowest BCUT2D eigenvalue weighted by atomic mass is 9.90. The van der Waals surface area contributed by atoms with Crippen LogP contribution in [0.2, 0.25) is 0 Å². The minimum atomic E-state index is 0.184. The Labute approximate surface area is 344 Å². The van der Waals surface area contributed by atoms with E-state index in [4.69, 9.17) is 4.74 Å². The Balaban J connectivity index is 0.996. The Morgan fingerprint density at radius 2 is 1.12 bits per heavy atom. The molecule has 1 atom stereocenters. The number of aromatic nitrogens is 1. The molecule has 0 saturated heterocycles. The lowest BCUT2D eigenvalue weighted by molar-refractivity contribution is 0.425. The lowest BCUT2D eigenvalue weighted by Crippen LogP contribution is -2.11. The Kier molecular flexibility index (Phi) is 8.63. The van der Waals surface area contributed by atoms with E-state index in [2.05, 4.69) is 234 Å². The molecule has 3 heteroatoms. The Morgan fingerprint density at radius 1 is 0.475 bits per heavy atom. The van der Waals surface area contributed by atoms with Crippen LogP contribution in [-0.4, -0.2) is 4.57 Å². The van der Waals surface area contributed by atoms with Crippen molar-refractivity contribution in [1.29, 1.82) is 0 Å². The predicted molar refractivity (Wildman–Crippen MR) is 246 cm³/mol. The van der Waals surface area contributed by atoms with Gasteiger partial charge in [-0.15, -0.1) is 0 Å². The molecule has 0 amide bonds. The van der Waals surface area contributed by atoms with Gasteiger partial charge in [-0.25, -0.2) is 0 Å². The van der Waals surface area contributed by atoms with Gasteiger partial charge >= 0.3 is 0 Å². The second kappa shape index (κ2) is 14.7. The molecule has 0 N–H and O–H groups in total. The van der Waals surface area contributed by atoms with E-state index in [1.807, 2.05) is 0 Å². The van der Waals surface area contributed by atoms with Crippen LogP contribution >= 0.6 is 0 Å². The van der Waals surface area contributed by atoms with Gasteiger partial charge in [-0.1, -0.05) is 146 Å². The Bertz CT molecular complexity index is 3080. The Morgan fingerprint density at radius 3 is 1.92 bits per heavy atom. The van der Waals surface area contributed by atoms with Crippen LogP contribution in [-0.2, 0) is 0 Å². The molecule has 11 rings (SSSR count). The maximum Gasteiger partial charge on any atom is 0.139 e. The highest BCUT2D eigenvalue weighted by atomic mass is 16.5. The van der Waals surface area contributed by atoms with Crippen molar-refractivity contribution < 1.29 is 4.74 Å². The summed E-state index contributed by atoms with van der Waals surface area (Å²) in [5, 5.41) is 2.49. The van der Waals surface area contributed by atoms with Crippen molar-refractivity contribution in [2.75, 3.05) is 4.90 Å². The number of fused-ring (bicyclic) bond motifs is 6. The van der Waals surface area contributed by atoms with E-state index >= 15 is 0 Å². The van der Waals surface area contributed by atoms with Crippen molar-refractivity contribution in [3.63, 3.8) is 0 Å². The third-order valence-electron chi connectivity index (χ3n) is 11.7. The number of rotatable bonds is 7. The standard InChI is InChI=1S/C56H40N2O/c1-4-14-39(15-5-1)40-26-31-46(32-27-40)57(48-20-12-17-43(36-48)50-23-13-24-51-44-16-6-2-9-21-49(37-44)59-56(50)51)47-33-28-41(29-34-47)42-30-35-55-53(38-42)52-22-10-11-25-54(52)58(55)45-18-7-3-8-19-45/h1,3-38,44H,2H2/b16-6-,21-9-. The van der Waals surface area contributed by atoms with Gasteiger partial charge < -0.3 is 14.2 Å². The fourth-order valence-corrected chi connectivity index (χ4v) is 8.82. The van der Waals surface area contributed by atoms with Gasteiger partial charge in [0.15, 0.2) is 0 Å². The topological polar surface area (TPSA) is 17.4 Å². The zero-order valence-corrected chi connectivity index (χ0v) is 32.4. The van der Waals surface area contributed by atoms with Crippen molar-refractivity contribution in [3.8, 4) is 44.8 Å². The number of nitrogens with zero attached hydrogens (tertiary/aromatic N) is 2. The van der Waals surface area contributed by atoms with Crippen molar-refractivity contribution >= 4 is 38.9 Å². The van der Waals surface area contributed by atoms with E-state index in [0.29, 0.717) is 0 Å². The van der Waals surface area contributed by atoms with Gasteiger partial charge in [0.2, 0.25) is 0 Å². The third-order valence-corrected chi connectivity index (χ3v) is 11.7. The summed E-state index contributed by atoms with van der Waals surface area (Å²) in [6, 6.07) is 70.0. The van der Waals surface area contributed by atoms with Crippen molar-refractivity contribution in [1.82, 2.24) is 4.57 Å². The Hall–Kier alpha value is -7.62. The van der Waals surface area contributed by atoms with Gasteiger partial charge in [-0.3, -0.25) is 0 Å². The van der Waals surface area contributed by atoms with Crippen LogP contribution in [0.5, 0.6) is 5.75 Å². The second-order valence-corrected chi connectivity index (χ2v) is 15.3. The summed E-state index contributed by atoms with van der Waals surface area (Å²) < 4.78 is 8.97. The first-order valence-electron chi connectivity index (χ1n) is 20.4. The number of anilines is 3. The van der Waals surface area contributed by atoms with Crippen LogP contribution in [0, 0.1) is 0 Å². The summed E-state index contributed by atoms with van der Waals surface area (Å²) in [7, 11) is 0. The van der Waals surface area contributed by atoms with Gasteiger partial charge in [0.05, 0.1) is 11.0 Å². The molecule has 2 bridgehead atoms. The molecule has 2 aliphatic rings. The molecular weight excluding hydrogens is 717 g/mol. The second-order valence-electron chi connectivity index (χ2n) is 15.3. The van der Waals surface area contributed by atoms with Gasteiger partial charge in [-0.2, -0.15) is 0 Å². The first-order chi connectivity index (χ1) is 29.2. The molecule has 0 saturated carbocycles. The molecule has 1 aliphatic carbocycles. The SMILES string of the molecule is C1=C2/C=C\C/C=C\C1c1cccc(-c3cccc(N(c4ccc(-c5ccccc5)cc4)c4ccc(-c5ccc6c(c5)c5ccccc5n6-c5ccccc5)cc4)c3)c1O2. The molecule has 1 unspecified atom stereocenters. The molecule has 3 nitrogen and oxygen atoms in total. The highest BCUT2D eigenvalue weighted by Crippen LogP contribution is 2.45. The normalized spacial score (nSPS) is 15.4. The summed E-state index contributed by atoms with van der Waals surface area (Å²) in [6.07, 6.45) is 11.9. The van der Waals surface area contributed by atoms with Crippen LogP contribution < -0.4 is 9.64 Å². The zero-order chi connectivity index (χ0) is 39.1. The van der Waals surface area contributed by atoms with Crippen LogP contribution in [0.1, 0.15) is 17.9 Å². The first-order valence-corrected chi connectivity index (χ1v) is 20.4. The summed E-state index contributed by atoms with van der Waals surface area (Å²) in [5.74, 6) is 2.01. The van der Waals surface area contributed by atoms with Crippen LogP contribution in [0.3, 0.4) is 0 Å². The van der Waals surface area contributed by atoms with E-state index < -0.39 is 0 Å². The molecule has 0 radical (unpaired) electrons. The van der Waals surface area contributed by atoms with Gasteiger partial charge in [0, 0.05) is 50.6 Å². The maximum atomic E-state index is 6.60. The molecule has 1 aliphatic heterocycles. The summed E-state index contributed by atoms with van der Waals surface area (Å²) >= 11 is 0. The fraction of sp³-hybridized carbons (Fsp3) is 0.0357. The zero-order valence-electron chi connectivity index (χ0n) is 32.4. The number of benzene rings is 8. The fourth-order valence-electron chi connectivity index (χ4n) is 8.82. The van der Waals surface area contributed by atoms with Gasteiger partial charge in [-0.05, 0) is 113 Å². The van der Waals surface area contributed by atoms with E-state index in [1.54, 1.807) is 0 Å². The quantitative estimate of drug-likeness (QED) is 0.151. The lowest BCUT2D eigenvalue weighted by Gasteiger charge is -2.27.